The quantitative estimate of drug-likeness (QED) is 0.501. The second-order valence-electron chi connectivity index (χ2n) is 7.06. The summed E-state index contributed by atoms with van der Waals surface area (Å²) in [5.41, 5.74) is 0. The Hall–Kier alpha value is -0.610. The molecule has 0 spiro atoms. The first-order valence-electron chi connectivity index (χ1n) is 8.79. The van der Waals surface area contributed by atoms with Gasteiger partial charge in [-0.2, -0.15) is 0 Å². The van der Waals surface area contributed by atoms with Gasteiger partial charge in [-0.3, -0.25) is 4.79 Å². The van der Waals surface area contributed by atoms with Crippen LogP contribution >= 0.6 is 0 Å². The number of hydrogen-bond donors (Lipinski definition) is 0. The van der Waals surface area contributed by atoms with Crippen LogP contribution in [0.1, 0.15) is 60.8 Å². The van der Waals surface area contributed by atoms with Gasteiger partial charge in [-0.25, -0.2) is 0 Å². The van der Waals surface area contributed by atoms with Crippen LogP contribution in [0.15, 0.2) is 0 Å². The molecule has 130 valence electrons. The smallest absolute Gasteiger partial charge is 0.310 e. The van der Waals surface area contributed by atoms with E-state index >= 15 is 0 Å². The van der Waals surface area contributed by atoms with Crippen LogP contribution in [-0.4, -0.2) is 31.6 Å². The SMILES string of the molecule is CCC1O[C@@H](OC(=O)CCOCCC(C)C)C(C)[C@H](C)[C@@H]1C. The largest absolute Gasteiger partial charge is 0.435 e. The monoisotopic (exact) mass is 314 g/mol. The first-order valence-corrected chi connectivity index (χ1v) is 8.79. The van der Waals surface area contributed by atoms with Gasteiger partial charge in [-0.15, -0.1) is 0 Å². The van der Waals surface area contributed by atoms with E-state index < -0.39 is 6.29 Å². The highest BCUT2D eigenvalue weighted by molar-refractivity contribution is 5.69. The number of carbonyl (C=O) groups is 1. The molecular weight excluding hydrogens is 280 g/mol. The van der Waals surface area contributed by atoms with E-state index in [2.05, 4.69) is 41.5 Å². The van der Waals surface area contributed by atoms with E-state index in [0.717, 1.165) is 12.8 Å². The third kappa shape index (κ3) is 5.88. The standard InChI is InChI=1S/C18H34O4/c1-7-16-14(5)13(4)15(6)18(21-16)22-17(19)9-11-20-10-8-12(2)3/h12-16,18H,7-11H2,1-6H3/t13-,14+,15?,16?,18+/m1/s1. The van der Waals surface area contributed by atoms with Gasteiger partial charge >= 0.3 is 5.97 Å². The molecule has 4 nitrogen and oxygen atoms in total. The molecule has 1 rings (SSSR count). The summed E-state index contributed by atoms with van der Waals surface area (Å²) in [5, 5.41) is 0. The fourth-order valence-corrected chi connectivity index (χ4v) is 2.85. The van der Waals surface area contributed by atoms with Crippen molar-refractivity contribution in [1.82, 2.24) is 0 Å². The molecule has 0 N–H and O–H groups in total. The van der Waals surface area contributed by atoms with Gasteiger partial charge in [-0.1, -0.05) is 41.5 Å². The summed E-state index contributed by atoms with van der Waals surface area (Å²) in [6.45, 7) is 14.1. The summed E-state index contributed by atoms with van der Waals surface area (Å²) in [7, 11) is 0. The number of hydrogen-bond acceptors (Lipinski definition) is 4. The minimum atomic E-state index is -0.417. The Kier molecular flexibility index (Phi) is 8.40. The van der Waals surface area contributed by atoms with E-state index in [9.17, 15) is 4.79 Å². The average molecular weight is 314 g/mol. The van der Waals surface area contributed by atoms with Crippen molar-refractivity contribution >= 4 is 5.97 Å². The average Bonchev–Trinajstić information content (AvgIpc) is 2.47. The number of ether oxygens (including phenoxy) is 3. The third-order valence-electron chi connectivity index (χ3n) is 4.92. The molecule has 0 amide bonds. The topological polar surface area (TPSA) is 44.8 Å². The normalized spacial score (nSPS) is 32.2. The number of esters is 1. The predicted octanol–water partition coefficient (Wildman–Crippen LogP) is 4.03. The fourth-order valence-electron chi connectivity index (χ4n) is 2.85. The van der Waals surface area contributed by atoms with E-state index in [-0.39, 0.29) is 18.0 Å². The Morgan fingerprint density at radius 3 is 2.36 bits per heavy atom. The van der Waals surface area contributed by atoms with E-state index in [0.29, 0.717) is 37.4 Å². The highest BCUT2D eigenvalue weighted by atomic mass is 16.7. The molecule has 0 radical (unpaired) electrons. The molecule has 1 aliphatic heterocycles. The maximum atomic E-state index is 12.0. The van der Waals surface area contributed by atoms with Crippen molar-refractivity contribution in [3.8, 4) is 0 Å². The highest BCUT2D eigenvalue weighted by Gasteiger charge is 2.40. The lowest BCUT2D eigenvalue weighted by atomic mass is 9.78. The van der Waals surface area contributed by atoms with Crippen molar-refractivity contribution in [3.05, 3.63) is 0 Å². The summed E-state index contributed by atoms with van der Waals surface area (Å²) >= 11 is 0. The summed E-state index contributed by atoms with van der Waals surface area (Å²) in [6, 6.07) is 0. The van der Waals surface area contributed by atoms with Crippen LogP contribution in [0, 0.1) is 23.7 Å². The molecule has 22 heavy (non-hydrogen) atoms. The molecule has 0 saturated carbocycles. The van der Waals surface area contributed by atoms with Gasteiger partial charge in [0.2, 0.25) is 6.29 Å². The van der Waals surface area contributed by atoms with E-state index in [4.69, 9.17) is 14.2 Å². The summed E-state index contributed by atoms with van der Waals surface area (Å²) in [5.74, 6) is 1.60. The lowest BCUT2D eigenvalue weighted by Crippen LogP contribution is -2.46. The van der Waals surface area contributed by atoms with Crippen LogP contribution in [0.3, 0.4) is 0 Å². The van der Waals surface area contributed by atoms with Gasteiger partial charge in [0.1, 0.15) is 0 Å². The van der Waals surface area contributed by atoms with Gasteiger partial charge < -0.3 is 14.2 Å². The molecule has 0 aromatic carbocycles. The molecule has 1 aliphatic rings. The van der Waals surface area contributed by atoms with Crippen LogP contribution in [0.25, 0.3) is 0 Å². The van der Waals surface area contributed by atoms with Crippen LogP contribution in [0.5, 0.6) is 0 Å². The Morgan fingerprint density at radius 2 is 1.77 bits per heavy atom. The van der Waals surface area contributed by atoms with Crippen LogP contribution in [-0.2, 0) is 19.0 Å². The van der Waals surface area contributed by atoms with Gasteiger partial charge in [0.25, 0.3) is 0 Å². The van der Waals surface area contributed by atoms with Crippen LogP contribution in [0.2, 0.25) is 0 Å². The predicted molar refractivity (Wildman–Crippen MR) is 87.4 cm³/mol. The van der Waals surface area contributed by atoms with E-state index in [1.54, 1.807) is 0 Å². The fraction of sp³-hybridized carbons (Fsp3) is 0.944. The van der Waals surface area contributed by atoms with Gasteiger partial charge in [0.05, 0.1) is 19.1 Å². The maximum Gasteiger partial charge on any atom is 0.310 e. The molecular formula is C18H34O4. The highest BCUT2D eigenvalue weighted by Crippen LogP contribution is 2.36. The summed E-state index contributed by atoms with van der Waals surface area (Å²) in [6.07, 6.45) is 2.02. The van der Waals surface area contributed by atoms with Crippen molar-refractivity contribution in [2.45, 2.75) is 73.2 Å². The van der Waals surface area contributed by atoms with Gasteiger partial charge in [0, 0.05) is 12.5 Å². The molecule has 4 heteroatoms. The Morgan fingerprint density at radius 1 is 1.09 bits per heavy atom. The third-order valence-corrected chi connectivity index (χ3v) is 4.92. The first kappa shape index (κ1) is 19.4. The molecule has 1 saturated heterocycles. The van der Waals surface area contributed by atoms with Crippen molar-refractivity contribution < 1.29 is 19.0 Å². The Bertz CT molecular complexity index is 327. The zero-order chi connectivity index (χ0) is 16.7. The zero-order valence-electron chi connectivity index (χ0n) is 15.1. The molecule has 2 unspecified atom stereocenters. The number of carbonyl (C=O) groups excluding carboxylic acids is 1. The second kappa shape index (κ2) is 9.51. The second-order valence-corrected chi connectivity index (χ2v) is 7.06. The van der Waals surface area contributed by atoms with Crippen molar-refractivity contribution in [2.24, 2.45) is 23.7 Å². The molecule has 0 aliphatic carbocycles. The zero-order valence-corrected chi connectivity index (χ0v) is 15.1. The molecule has 1 heterocycles. The number of rotatable bonds is 8. The van der Waals surface area contributed by atoms with Crippen LogP contribution < -0.4 is 0 Å². The minimum absolute atomic E-state index is 0.172. The maximum absolute atomic E-state index is 12.0. The first-order chi connectivity index (χ1) is 10.4. The lowest BCUT2D eigenvalue weighted by molar-refractivity contribution is -0.243. The minimum Gasteiger partial charge on any atom is -0.435 e. The molecule has 5 atom stereocenters. The molecule has 0 aromatic heterocycles. The lowest BCUT2D eigenvalue weighted by Gasteiger charge is -2.42. The molecule has 0 aromatic rings. The van der Waals surface area contributed by atoms with Crippen molar-refractivity contribution in [3.63, 3.8) is 0 Å². The van der Waals surface area contributed by atoms with Crippen LogP contribution in [0.4, 0.5) is 0 Å². The van der Waals surface area contributed by atoms with Crippen molar-refractivity contribution in [2.75, 3.05) is 13.2 Å². The molecule has 1 fully saturated rings. The summed E-state index contributed by atoms with van der Waals surface area (Å²) < 4.78 is 17.0. The van der Waals surface area contributed by atoms with E-state index in [1.165, 1.54) is 0 Å². The summed E-state index contributed by atoms with van der Waals surface area (Å²) in [4.78, 5) is 12.0. The van der Waals surface area contributed by atoms with Gasteiger partial charge in [0.15, 0.2) is 0 Å². The Balaban J connectivity index is 2.33. The van der Waals surface area contributed by atoms with Gasteiger partial charge in [-0.05, 0) is 30.6 Å². The molecule has 0 bridgehead atoms. The Labute approximate surface area is 135 Å². The van der Waals surface area contributed by atoms with E-state index in [1.807, 2.05) is 0 Å². The van der Waals surface area contributed by atoms with Crippen molar-refractivity contribution in [1.29, 1.82) is 0 Å².